The number of amides is 3. The standard InChI is InChI=1S/C15H19N3O4/c1-22-13-5-3-2-4-12(13)10-16-14(20)15(21)18-8-6-17(11-19)7-9-18/h2-5,11H,6-10H2,1H3,(H,16,20). The van der Waals surface area contributed by atoms with E-state index in [2.05, 4.69) is 5.32 Å². The average Bonchev–Trinajstić information content (AvgIpc) is 2.59. The van der Waals surface area contributed by atoms with Crippen molar-refractivity contribution in [2.24, 2.45) is 0 Å². The molecule has 0 bridgehead atoms. The second-order valence-electron chi connectivity index (χ2n) is 4.93. The molecular formula is C15H19N3O4. The van der Waals surface area contributed by atoms with Gasteiger partial charge < -0.3 is 19.9 Å². The highest BCUT2D eigenvalue weighted by molar-refractivity contribution is 6.35. The summed E-state index contributed by atoms with van der Waals surface area (Å²) in [6, 6.07) is 7.29. The Bertz CT molecular complexity index is 553. The lowest BCUT2D eigenvalue weighted by Crippen LogP contribution is -2.52. The topological polar surface area (TPSA) is 79.0 Å². The van der Waals surface area contributed by atoms with E-state index in [-0.39, 0.29) is 6.54 Å². The van der Waals surface area contributed by atoms with E-state index in [1.165, 1.54) is 4.90 Å². The van der Waals surface area contributed by atoms with Crippen LogP contribution in [0.3, 0.4) is 0 Å². The van der Waals surface area contributed by atoms with E-state index in [4.69, 9.17) is 4.74 Å². The van der Waals surface area contributed by atoms with Gasteiger partial charge in [-0.1, -0.05) is 18.2 Å². The third-order valence-corrected chi connectivity index (χ3v) is 3.58. The largest absolute Gasteiger partial charge is 0.496 e. The molecule has 118 valence electrons. The first-order chi connectivity index (χ1) is 10.7. The molecule has 1 saturated heterocycles. The number of hydrogen-bond donors (Lipinski definition) is 1. The molecule has 1 aliphatic heterocycles. The van der Waals surface area contributed by atoms with Gasteiger partial charge in [0.15, 0.2) is 0 Å². The number of carbonyl (C=O) groups excluding carboxylic acids is 3. The minimum Gasteiger partial charge on any atom is -0.496 e. The van der Waals surface area contributed by atoms with Crippen LogP contribution in [0.4, 0.5) is 0 Å². The molecule has 7 nitrogen and oxygen atoms in total. The maximum atomic E-state index is 12.0. The lowest BCUT2D eigenvalue weighted by molar-refractivity contribution is -0.147. The van der Waals surface area contributed by atoms with Crippen molar-refractivity contribution in [2.45, 2.75) is 6.54 Å². The molecule has 3 amide bonds. The molecule has 0 unspecified atom stereocenters. The number of methoxy groups -OCH3 is 1. The number of para-hydroxylation sites is 1. The van der Waals surface area contributed by atoms with E-state index in [0.717, 1.165) is 12.0 Å². The molecule has 1 aliphatic rings. The van der Waals surface area contributed by atoms with Gasteiger partial charge in [-0.2, -0.15) is 0 Å². The first kappa shape index (κ1) is 15.8. The Kier molecular flexibility index (Phi) is 5.35. The van der Waals surface area contributed by atoms with E-state index in [1.807, 2.05) is 18.2 Å². The fraction of sp³-hybridized carbons (Fsp3) is 0.400. The van der Waals surface area contributed by atoms with Crippen LogP contribution in [0.5, 0.6) is 5.75 Å². The SMILES string of the molecule is COc1ccccc1CNC(=O)C(=O)N1CCN(C=O)CC1. The zero-order valence-corrected chi connectivity index (χ0v) is 12.4. The van der Waals surface area contributed by atoms with Crippen LogP contribution in [0.2, 0.25) is 0 Å². The molecule has 7 heteroatoms. The predicted molar refractivity (Wildman–Crippen MR) is 79.1 cm³/mol. The lowest BCUT2D eigenvalue weighted by atomic mass is 10.2. The third-order valence-electron chi connectivity index (χ3n) is 3.58. The summed E-state index contributed by atoms with van der Waals surface area (Å²) in [5.41, 5.74) is 0.803. The van der Waals surface area contributed by atoms with Gasteiger partial charge in [-0.3, -0.25) is 14.4 Å². The van der Waals surface area contributed by atoms with Crippen molar-refractivity contribution in [3.63, 3.8) is 0 Å². The molecule has 0 radical (unpaired) electrons. The van der Waals surface area contributed by atoms with Crippen molar-refractivity contribution in [3.05, 3.63) is 29.8 Å². The molecule has 0 atom stereocenters. The van der Waals surface area contributed by atoms with Crippen LogP contribution in [0.1, 0.15) is 5.56 Å². The van der Waals surface area contributed by atoms with Gasteiger partial charge in [-0.25, -0.2) is 0 Å². The van der Waals surface area contributed by atoms with Crippen LogP contribution >= 0.6 is 0 Å². The average molecular weight is 305 g/mol. The van der Waals surface area contributed by atoms with Gasteiger partial charge in [-0.05, 0) is 6.07 Å². The van der Waals surface area contributed by atoms with E-state index in [9.17, 15) is 14.4 Å². The lowest BCUT2D eigenvalue weighted by Gasteiger charge is -2.32. The van der Waals surface area contributed by atoms with Crippen molar-refractivity contribution in [3.8, 4) is 5.75 Å². The van der Waals surface area contributed by atoms with Gasteiger partial charge in [0.2, 0.25) is 6.41 Å². The zero-order valence-electron chi connectivity index (χ0n) is 12.4. The summed E-state index contributed by atoms with van der Waals surface area (Å²) in [5.74, 6) is -0.555. The summed E-state index contributed by atoms with van der Waals surface area (Å²) in [5, 5.41) is 2.60. The smallest absolute Gasteiger partial charge is 0.312 e. The number of rotatable bonds is 4. The number of carbonyl (C=O) groups is 3. The Balaban J connectivity index is 1.87. The molecule has 1 aromatic rings. The molecule has 1 aromatic carbocycles. The molecule has 0 spiro atoms. The third kappa shape index (κ3) is 3.75. The quantitative estimate of drug-likeness (QED) is 0.607. The Morgan fingerprint density at radius 2 is 1.91 bits per heavy atom. The number of hydrogen-bond acceptors (Lipinski definition) is 4. The van der Waals surface area contributed by atoms with Crippen LogP contribution in [0.25, 0.3) is 0 Å². The summed E-state index contributed by atoms with van der Waals surface area (Å²) in [6.45, 7) is 1.88. The highest BCUT2D eigenvalue weighted by Gasteiger charge is 2.25. The molecule has 0 aliphatic carbocycles. The Morgan fingerprint density at radius 3 is 2.55 bits per heavy atom. The molecule has 1 fully saturated rings. The number of nitrogens with zero attached hydrogens (tertiary/aromatic N) is 2. The number of benzene rings is 1. The first-order valence-corrected chi connectivity index (χ1v) is 7.04. The zero-order chi connectivity index (χ0) is 15.9. The van der Waals surface area contributed by atoms with Crippen LogP contribution in [0, 0.1) is 0 Å². The van der Waals surface area contributed by atoms with Gasteiger partial charge in [-0.15, -0.1) is 0 Å². The molecule has 1 N–H and O–H groups in total. The molecule has 0 aromatic heterocycles. The molecule has 1 heterocycles. The fourth-order valence-corrected chi connectivity index (χ4v) is 2.27. The van der Waals surface area contributed by atoms with E-state index >= 15 is 0 Å². The van der Waals surface area contributed by atoms with Crippen LogP contribution < -0.4 is 10.1 Å². The van der Waals surface area contributed by atoms with Crippen molar-refractivity contribution < 1.29 is 19.1 Å². The van der Waals surface area contributed by atoms with Gasteiger partial charge in [0.05, 0.1) is 7.11 Å². The van der Waals surface area contributed by atoms with Crippen molar-refractivity contribution >= 4 is 18.2 Å². The number of piperazine rings is 1. The van der Waals surface area contributed by atoms with Gasteiger partial charge in [0.1, 0.15) is 5.75 Å². The van der Waals surface area contributed by atoms with Gasteiger partial charge in [0.25, 0.3) is 0 Å². The second kappa shape index (κ2) is 7.44. The van der Waals surface area contributed by atoms with Crippen molar-refractivity contribution in [1.82, 2.24) is 15.1 Å². The summed E-state index contributed by atoms with van der Waals surface area (Å²) in [4.78, 5) is 37.6. The number of nitrogens with one attached hydrogen (secondary N) is 1. The molecule has 0 saturated carbocycles. The summed E-state index contributed by atoms with van der Waals surface area (Å²) < 4.78 is 5.19. The highest BCUT2D eigenvalue weighted by Crippen LogP contribution is 2.16. The molecular weight excluding hydrogens is 286 g/mol. The highest BCUT2D eigenvalue weighted by atomic mass is 16.5. The summed E-state index contributed by atoms with van der Waals surface area (Å²) >= 11 is 0. The molecule has 2 rings (SSSR count). The maximum absolute atomic E-state index is 12.0. The summed E-state index contributed by atoms with van der Waals surface area (Å²) in [7, 11) is 1.55. The number of ether oxygens (including phenoxy) is 1. The second-order valence-corrected chi connectivity index (χ2v) is 4.93. The minimum atomic E-state index is -0.648. The van der Waals surface area contributed by atoms with Crippen LogP contribution in [-0.2, 0) is 20.9 Å². The van der Waals surface area contributed by atoms with E-state index in [0.29, 0.717) is 31.9 Å². The van der Waals surface area contributed by atoms with E-state index < -0.39 is 11.8 Å². The van der Waals surface area contributed by atoms with E-state index in [1.54, 1.807) is 18.1 Å². The van der Waals surface area contributed by atoms with Crippen molar-refractivity contribution in [1.29, 1.82) is 0 Å². The monoisotopic (exact) mass is 305 g/mol. The Hall–Kier alpha value is -2.57. The van der Waals surface area contributed by atoms with Crippen molar-refractivity contribution in [2.75, 3.05) is 33.3 Å². The summed E-state index contributed by atoms with van der Waals surface area (Å²) in [6.07, 6.45) is 0.754. The molecule has 22 heavy (non-hydrogen) atoms. The fourth-order valence-electron chi connectivity index (χ4n) is 2.27. The van der Waals surface area contributed by atoms with Gasteiger partial charge >= 0.3 is 11.8 Å². The maximum Gasteiger partial charge on any atom is 0.312 e. The minimum absolute atomic E-state index is 0.225. The predicted octanol–water partition coefficient (Wildman–Crippen LogP) is -0.388. The Labute approximate surface area is 128 Å². The normalized spacial score (nSPS) is 14.4. The Morgan fingerprint density at radius 1 is 1.23 bits per heavy atom. The van der Waals surface area contributed by atoms with Gasteiger partial charge in [0, 0.05) is 38.3 Å². The van der Waals surface area contributed by atoms with Crippen LogP contribution in [-0.4, -0.2) is 61.3 Å². The van der Waals surface area contributed by atoms with Crippen LogP contribution in [0.15, 0.2) is 24.3 Å². The first-order valence-electron chi connectivity index (χ1n) is 7.04.